The van der Waals surface area contributed by atoms with Gasteiger partial charge in [0.2, 0.25) is 0 Å². The van der Waals surface area contributed by atoms with Crippen molar-refractivity contribution in [3.05, 3.63) is 30.3 Å². The summed E-state index contributed by atoms with van der Waals surface area (Å²) in [7, 11) is 0. The molecule has 0 unspecified atom stereocenters. The molecule has 0 spiro atoms. The first kappa shape index (κ1) is 15.2. The summed E-state index contributed by atoms with van der Waals surface area (Å²) in [5, 5.41) is 14.4. The van der Waals surface area contributed by atoms with Crippen LogP contribution in [-0.2, 0) is 0 Å². The summed E-state index contributed by atoms with van der Waals surface area (Å²) < 4.78 is 0. The molecule has 0 heterocycles. The zero-order valence-corrected chi connectivity index (χ0v) is 13.5. The number of hydrogen-bond acceptors (Lipinski definition) is 2. The second-order valence-corrected chi connectivity index (χ2v) is 4.22. The number of nitrogens with one attached hydrogen (secondary N) is 1. The van der Waals surface area contributed by atoms with Gasteiger partial charge in [0.25, 0.3) is 0 Å². The van der Waals surface area contributed by atoms with Crippen LogP contribution in [0.15, 0.2) is 35.3 Å². The minimum atomic E-state index is -0.210. The fourth-order valence-corrected chi connectivity index (χ4v) is 2.05. The smallest absolute Gasteiger partial charge is 0.846 e. The van der Waals surface area contributed by atoms with Gasteiger partial charge in [-0.1, -0.05) is 37.5 Å². The van der Waals surface area contributed by atoms with Gasteiger partial charge in [0, 0.05) is 5.69 Å². The van der Waals surface area contributed by atoms with Crippen molar-refractivity contribution in [1.29, 1.82) is 0 Å². The van der Waals surface area contributed by atoms with E-state index in [1.54, 1.807) is 0 Å². The Morgan fingerprint density at radius 1 is 1.12 bits per heavy atom. The fourth-order valence-electron chi connectivity index (χ4n) is 2.05. The summed E-state index contributed by atoms with van der Waals surface area (Å²) in [5.41, 5.74) is 0.812. The molecule has 3 nitrogen and oxygen atoms in total. The van der Waals surface area contributed by atoms with Gasteiger partial charge >= 0.3 is 51.4 Å². The van der Waals surface area contributed by atoms with E-state index in [1.165, 1.54) is 19.3 Å². The molecule has 1 aliphatic carbocycles. The average molecular weight is 256 g/mol. The molecule has 1 fully saturated rings. The third kappa shape index (κ3) is 5.53. The minimum Gasteiger partial charge on any atom is -0.846 e. The van der Waals surface area contributed by atoms with Gasteiger partial charge in [0.15, 0.2) is 0 Å². The number of nitrogens with zero attached hydrogens (tertiary/aromatic N) is 1. The molecule has 86 valence electrons. The molecule has 0 saturated heterocycles. The Morgan fingerprint density at radius 2 is 1.76 bits per heavy atom. The third-order valence-corrected chi connectivity index (χ3v) is 2.90. The molecule has 1 aliphatic rings. The van der Waals surface area contributed by atoms with Gasteiger partial charge in [-0.2, -0.15) is 0 Å². The molecule has 0 amide bonds. The number of anilines is 1. The Bertz CT molecular complexity index is 348. The van der Waals surface area contributed by atoms with Gasteiger partial charge in [-0.25, -0.2) is 0 Å². The number of aliphatic imine (C=N–C) groups is 1. The molecule has 1 N–H and O–H groups in total. The zero-order chi connectivity index (χ0) is 11.2. The summed E-state index contributed by atoms with van der Waals surface area (Å²) in [4.78, 5) is 4.18. The van der Waals surface area contributed by atoms with Gasteiger partial charge in [0.05, 0.1) is 12.1 Å². The van der Waals surface area contributed by atoms with Crippen LogP contribution in [0.2, 0.25) is 0 Å². The predicted octanol–water partition coefficient (Wildman–Crippen LogP) is -0.848. The molecule has 17 heavy (non-hydrogen) atoms. The van der Waals surface area contributed by atoms with Gasteiger partial charge in [-0.15, -0.1) is 0 Å². The number of para-hydroxylation sites is 1. The Labute approximate surface area is 145 Å². The standard InChI is InChI=1S/C13H18N2O.K/c16-13(14-11-7-3-1-4-8-11)15-12-9-5-2-6-10-12;/h1,3-4,7-8,12H,2,5-6,9-10H2,(H2,14,15,16);/q;+1/p-1. The number of amidine groups is 1. The minimum absolute atomic E-state index is 0. The van der Waals surface area contributed by atoms with E-state index in [1.807, 2.05) is 30.3 Å². The van der Waals surface area contributed by atoms with Crippen molar-refractivity contribution in [2.75, 3.05) is 5.32 Å². The molecule has 2 rings (SSSR count). The van der Waals surface area contributed by atoms with Crippen molar-refractivity contribution in [2.24, 2.45) is 4.99 Å². The summed E-state index contributed by atoms with van der Waals surface area (Å²) in [6.45, 7) is 0. The molecule has 1 aromatic rings. The molecular formula is C13H17KN2O. The van der Waals surface area contributed by atoms with Crippen molar-refractivity contribution in [1.82, 2.24) is 0 Å². The van der Waals surface area contributed by atoms with E-state index in [-0.39, 0.29) is 63.4 Å². The van der Waals surface area contributed by atoms with Crippen molar-refractivity contribution in [3.63, 3.8) is 0 Å². The van der Waals surface area contributed by atoms with Crippen molar-refractivity contribution < 1.29 is 56.5 Å². The summed E-state index contributed by atoms with van der Waals surface area (Å²) in [6, 6.07) is 9.48. The molecule has 1 aromatic carbocycles. The van der Waals surface area contributed by atoms with Gasteiger partial charge in [-0.3, -0.25) is 4.99 Å². The maximum atomic E-state index is 11.6. The third-order valence-electron chi connectivity index (χ3n) is 2.90. The van der Waals surface area contributed by atoms with Crippen molar-refractivity contribution in [2.45, 2.75) is 38.1 Å². The van der Waals surface area contributed by atoms with Crippen LogP contribution in [-0.4, -0.2) is 12.1 Å². The van der Waals surface area contributed by atoms with Crippen LogP contribution in [0.25, 0.3) is 0 Å². The monoisotopic (exact) mass is 256 g/mol. The molecule has 4 heteroatoms. The van der Waals surface area contributed by atoms with Crippen LogP contribution in [0.4, 0.5) is 5.69 Å². The van der Waals surface area contributed by atoms with E-state index < -0.39 is 0 Å². The average Bonchev–Trinajstić information content (AvgIpc) is 2.31. The normalized spacial score (nSPS) is 17.3. The van der Waals surface area contributed by atoms with Gasteiger partial charge < -0.3 is 10.4 Å². The largest absolute Gasteiger partial charge is 1.00 e. The van der Waals surface area contributed by atoms with Crippen LogP contribution in [0.1, 0.15) is 32.1 Å². The Kier molecular flexibility index (Phi) is 7.38. The van der Waals surface area contributed by atoms with E-state index >= 15 is 0 Å². The first-order valence-corrected chi connectivity index (χ1v) is 5.91. The Morgan fingerprint density at radius 3 is 2.41 bits per heavy atom. The molecule has 0 bridgehead atoms. The summed E-state index contributed by atoms with van der Waals surface area (Å²) in [6.07, 6.45) is 5.80. The van der Waals surface area contributed by atoms with E-state index in [0.717, 1.165) is 18.5 Å². The van der Waals surface area contributed by atoms with E-state index in [4.69, 9.17) is 0 Å². The SMILES string of the molecule is [K+].[O-]C(=NC1CCCCC1)Nc1ccccc1. The Hall–Kier alpha value is 0.126. The van der Waals surface area contributed by atoms with Gasteiger partial charge in [-0.05, 0) is 25.0 Å². The predicted molar refractivity (Wildman–Crippen MR) is 64.4 cm³/mol. The topological polar surface area (TPSA) is 47.5 Å². The van der Waals surface area contributed by atoms with Crippen molar-refractivity contribution in [3.8, 4) is 0 Å². The van der Waals surface area contributed by atoms with E-state index in [0.29, 0.717) is 0 Å². The van der Waals surface area contributed by atoms with Crippen LogP contribution in [0.3, 0.4) is 0 Å². The first-order valence-electron chi connectivity index (χ1n) is 5.91. The van der Waals surface area contributed by atoms with Crippen LogP contribution in [0.5, 0.6) is 0 Å². The van der Waals surface area contributed by atoms with Crippen LogP contribution < -0.4 is 61.8 Å². The van der Waals surface area contributed by atoms with Crippen LogP contribution in [0, 0.1) is 0 Å². The molecule has 0 radical (unpaired) electrons. The second kappa shape index (κ2) is 8.27. The van der Waals surface area contributed by atoms with E-state index in [2.05, 4.69) is 10.3 Å². The maximum absolute atomic E-state index is 11.6. The fraction of sp³-hybridized carbons (Fsp3) is 0.462. The number of hydrogen-bond donors (Lipinski definition) is 1. The second-order valence-electron chi connectivity index (χ2n) is 4.22. The van der Waals surface area contributed by atoms with Crippen LogP contribution >= 0.6 is 0 Å². The molecule has 0 atom stereocenters. The Balaban J connectivity index is 0.00000144. The zero-order valence-electron chi connectivity index (χ0n) is 10.4. The van der Waals surface area contributed by atoms with Crippen molar-refractivity contribution >= 4 is 11.7 Å². The molecule has 0 aromatic heterocycles. The summed E-state index contributed by atoms with van der Waals surface area (Å²) in [5.74, 6) is 0. The number of rotatable bonds is 2. The molecule has 1 saturated carbocycles. The van der Waals surface area contributed by atoms with E-state index in [9.17, 15) is 5.11 Å². The first-order chi connectivity index (χ1) is 7.84. The maximum Gasteiger partial charge on any atom is 1.00 e. The van der Waals surface area contributed by atoms with Gasteiger partial charge in [0.1, 0.15) is 0 Å². The molecular weight excluding hydrogens is 239 g/mol. The summed E-state index contributed by atoms with van der Waals surface area (Å²) >= 11 is 0. The molecule has 0 aliphatic heterocycles. The number of benzene rings is 1. The quantitative estimate of drug-likeness (QED) is 0.426.